The quantitative estimate of drug-likeness (QED) is 0.0594. The number of hydrogen-bond donors (Lipinski definition) is 6. The second kappa shape index (κ2) is 16.4. The fraction of sp³-hybridized carbons (Fsp3) is 0.200. The van der Waals surface area contributed by atoms with E-state index in [1.807, 2.05) is 13.8 Å². The normalized spacial score (nSPS) is 15.3. The topological polar surface area (TPSA) is 237 Å². The molecule has 244 valence electrons. The molecule has 0 aromatic carbocycles. The predicted molar refractivity (Wildman–Crippen MR) is 170 cm³/mol. The molecule has 8 N–H and O–H groups in total. The molecule has 17 heteroatoms. The van der Waals surface area contributed by atoms with Gasteiger partial charge in [0.2, 0.25) is 5.69 Å². The Kier molecular flexibility index (Phi) is 12.4. The van der Waals surface area contributed by atoms with Crippen molar-refractivity contribution in [3.05, 3.63) is 112 Å². The van der Waals surface area contributed by atoms with Gasteiger partial charge in [0.15, 0.2) is 5.84 Å². The fourth-order valence-electron chi connectivity index (χ4n) is 4.49. The number of nitrogens with zero attached hydrogens (tertiary/aromatic N) is 6. The van der Waals surface area contributed by atoms with Gasteiger partial charge in [-0.05, 0) is 50.2 Å². The van der Waals surface area contributed by atoms with Crippen LogP contribution in [-0.4, -0.2) is 61.2 Å². The monoisotopic (exact) mass is 662 g/mol. The van der Waals surface area contributed by atoms with Crippen molar-refractivity contribution in [2.75, 3.05) is 13.2 Å². The maximum Gasteiger partial charge on any atom is 0.252 e. The van der Waals surface area contributed by atoms with Crippen molar-refractivity contribution < 1.29 is 29.5 Å². The van der Waals surface area contributed by atoms with Gasteiger partial charge >= 0.3 is 0 Å². The molecule has 0 radical (unpaired) electrons. The van der Waals surface area contributed by atoms with Crippen molar-refractivity contribution in [1.29, 1.82) is 0 Å². The van der Waals surface area contributed by atoms with E-state index in [4.69, 9.17) is 32.2 Å². The third-order valence-corrected chi connectivity index (χ3v) is 6.68. The van der Waals surface area contributed by atoms with Crippen LogP contribution in [-0.2, 0) is 0 Å². The summed E-state index contributed by atoms with van der Waals surface area (Å²) in [5, 5.41) is 23.9. The first-order chi connectivity index (χ1) is 22.2. The molecule has 0 bridgehead atoms. The van der Waals surface area contributed by atoms with Gasteiger partial charge in [-0.2, -0.15) is 0 Å². The third-order valence-electron chi connectivity index (χ3n) is 6.68. The van der Waals surface area contributed by atoms with Crippen LogP contribution < -0.4 is 31.7 Å². The Morgan fingerprint density at radius 2 is 1.34 bits per heavy atom. The highest BCUT2D eigenvalue weighted by atomic mass is 35.5. The number of carbonyl (C=O) groups is 2. The minimum atomic E-state index is -0.354. The Hall–Kier alpha value is -5.89. The molecule has 0 saturated heterocycles. The Labute approximate surface area is 275 Å². The summed E-state index contributed by atoms with van der Waals surface area (Å²) >= 11 is 0. The van der Waals surface area contributed by atoms with E-state index in [-0.39, 0.29) is 48.7 Å². The molecule has 6 heterocycles. The molecule has 16 nitrogen and oxygen atoms in total. The Balaban J connectivity index is 0.000000239. The van der Waals surface area contributed by atoms with E-state index in [9.17, 15) is 9.59 Å². The maximum absolute atomic E-state index is 12.3. The number of nitrogens with one attached hydrogen (secondary N) is 2. The van der Waals surface area contributed by atoms with Crippen LogP contribution in [0.1, 0.15) is 61.1 Å². The number of pyridine rings is 4. The van der Waals surface area contributed by atoms with E-state index in [1.54, 1.807) is 48.8 Å². The van der Waals surface area contributed by atoms with Crippen molar-refractivity contribution in [3.8, 4) is 11.5 Å². The fourth-order valence-corrected chi connectivity index (χ4v) is 4.49. The van der Waals surface area contributed by atoms with Gasteiger partial charge in [-0.1, -0.05) is 5.16 Å². The first-order valence-electron chi connectivity index (χ1n) is 13.6. The minimum Gasteiger partial charge on any atom is -0.490 e. The first kappa shape index (κ1) is 35.6. The molecule has 2 aliphatic heterocycles. The average molecular weight is 663 g/mol. The Morgan fingerprint density at radius 1 is 0.851 bits per heavy atom. The molecule has 2 unspecified atom stereocenters. The molecule has 0 spiro atoms. The summed E-state index contributed by atoms with van der Waals surface area (Å²) in [7, 11) is 0. The zero-order valence-electron chi connectivity index (χ0n) is 25.1. The smallest absolute Gasteiger partial charge is 0.252 e. The van der Waals surface area contributed by atoms with Crippen molar-refractivity contribution >= 4 is 35.7 Å². The molecule has 0 aliphatic carbocycles. The van der Waals surface area contributed by atoms with Gasteiger partial charge in [0.1, 0.15) is 48.2 Å². The van der Waals surface area contributed by atoms with Gasteiger partial charge in [0.25, 0.3) is 11.8 Å². The molecule has 6 rings (SSSR count). The summed E-state index contributed by atoms with van der Waals surface area (Å²) in [5.74, 6) is 4.09. The summed E-state index contributed by atoms with van der Waals surface area (Å²) in [5.41, 5.74) is 10.3. The molecule has 0 saturated carbocycles. The third kappa shape index (κ3) is 8.64. The van der Waals surface area contributed by atoms with E-state index in [1.165, 1.54) is 12.4 Å². The van der Waals surface area contributed by atoms with Crippen LogP contribution in [0, 0.1) is 20.4 Å². The molecule has 0 fully saturated rings. The molecular formula is C30H31ClN10O6. The lowest BCUT2D eigenvalue weighted by Gasteiger charge is -2.11. The second-order valence-corrected chi connectivity index (χ2v) is 9.83. The van der Waals surface area contributed by atoms with Gasteiger partial charge in [0.05, 0.1) is 6.57 Å². The number of carbonyl (C=O) groups excluding carboxylic acids is 2. The standard InChI is InChI=1S/C15H15N5O3.C15H12N4O2.ClH.H3NO/c1-8-4-9(2-3-17-8)15(21)19-11-7-23-12-5-10(14(16)20-22)6-18-13(11)12;1-9-5-10(3-4-17-9)15(20)19-12-8-21-13-6-11(16-2)7-18-14(12)13;;1-2/h2-6,11,22H,7H2,1H3,(H2,16,20)(H,19,21);3-7,12H,8H2,1H3,(H,19,20);1H;2H,1H2. The van der Waals surface area contributed by atoms with Gasteiger partial charge in [0, 0.05) is 52.9 Å². The number of ether oxygens (including phenoxy) is 2. The highest BCUT2D eigenvalue weighted by Gasteiger charge is 2.29. The zero-order chi connectivity index (χ0) is 33.2. The number of aromatic nitrogens is 4. The number of aryl methyl sites for hydroxylation is 2. The van der Waals surface area contributed by atoms with Crippen molar-refractivity contribution in [1.82, 2.24) is 30.6 Å². The molecule has 2 atom stereocenters. The lowest BCUT2D eigenvalue weighted by Crippen LogP contribution is -2.30. The van der Waals surface area contributed by atoms with Crippen molar-refractivity contribution in [2.24, 2.45) is 16.8 Å². The van der Waals surface area contributed by atoms with Crippen molar-refractivity contribution in [3.63, 3.8) is 0 Å². The van der Waals surface area contributed by atoms with E-state index in [2.05, 4.69) is 46.5 Å². The number of halogens is 1. The molecule has 2 amide bonds. The Bertz CT molecular complexity index is 1820. The summed E-state index contributed by atoms with van der Waals surface area (Å²) in [6, 6.07) is 9.34. The van der Waals surface area contributed by atoms with Crippen LogP contribution in [0.3, 0.4) is 0 Å². The number of rotatable bonds is 5. The second-order valence-electron chi connectivity index (χ2n) is 9.83. The summed E-state index contributed by atoms with van der Waals surface area (Å²) in [6.07, 6.45) is 6.14. The lowest BCUT2D eigenvalue weighted by molar-refractivity contribution is 0.0921. The molecule has 2 aliphatic rings. The lowest BCUT2D eigenvalue weighted by atomic mass is 10.1. The van der Waals surface area contributed by atoms with Gasteiger partial charge < -0.3 is 36.3 Å². The summed E-state index contributed by atoms with van der Waals surface area (Å²) in [4.78, 5) is 44.4. The van der Waals surface area contributed by atoms with Crippen LogP contribution >= 0.6 is 12.4 Å². The van der Waals surface area contributed by atoms with Crippen LogP contribution in [0.2, 0.25) is 0 Å². The molecule has 4 aromatic heterocycles. The molecular weight excluding hydrogens is 632 g/mol. The number of nitrogens with two attached hydrogens (primary N) is 2. The van der Waals surface area contributed by atoms with Crippen LogP contribution in [0.15, 0.2) is 66.3 Å². The highest BCUT2D eigenvalue weighted by Crippen LogP contribution is 2.33. The highest BCUT2D eigenvalue weighted by molar-refractivity contribution is 5.97. The number of amides is 2. The maximum atomic E-state index is 12.3. The zero-order valence-corrected chi connectivity index (χ0v) is 25.9. The number of oxime groups is 1. The van der Waals surface area contributed by atoms with Gasteiger partial charge in [-0.25, -0.2) is 10.7 Å². The summed E-state index contributed by atoms with van der Waals surface area (Å²) in [6.45, 7) is 11.2. The Morgan fingerprint density at radius 3 is 1.81 bits per heavy atom. The largest absolute Gasteiger partial charge is 0.490 e. The predicted octanol–water partition coefficient (Wildman–Crippen LogP) is 2.70. The van der Waals surface area contributed by atoms with E-state index in [0.717, 1.165) is 11.4 Å². The van der Waals surface area contributed by atoms with Crippen LogP contribution in [0.5, 0.6) is 11.5 Å². The molecule has 47 heavy (non-hydrogen) atoms. The first-order valence-corrected chi connectivity index (χ1v) is 13.6. The SMILES string of the molecule is Cc1cc(C(=O)NC2COc3cc(C(N)=NO)cnc32)ccn1.Cl.NO.[C-]#[N+]c1cnc2c(c1)OCC2NC(=O)c1ccnc(C)c1. The van der Waals surface area contributed by atoms with E-state index in [0.29, 0.717) is 51.9 Å². The number of hydrogen-bond acceptors (Lipinski definition) is 12. The van der Waals surface area contributed by atoms with Crippen LogP contribution in [0.4, 0.5) is 5.69 Å². The average Bonchev–Trinajstić information content (AvgIpc) is 3.68. The summed E-state index contributed by atoms with van der Waals surface area (Å²) < 4.78 is 11.0. The van der Waals surface area contributed by atoms with Gasteiger partial charge in [-0.3, -0.25) is 29.5 Å². The van der Waals surface area contributed by atoms with Crippen molar-refractivity contribution in [2.45, 2.75) is 25.9 Å². The number of amidine groups is 1. The van der Waals surface area contributed by atoms with E-state index >= 15 is 0 Å². The van der Waals surface area contributed by atoms with E-state index < -0.39 is 0 Å². The number of fused-ring (bicyclic) bond motifs is 2. The minimum absolute atomic E-state index is 0. The van der Waals surface area contributed by atoms with Crippen LogP contribution in [0.25, 0.3) is 4.85 Å². The van der Waals surface area contributed by atoms with Gasteiger partial charge in [-0.15, -0.1) is 12.4 Å². The molecule has 4 aromatic rings.